The Morgan fingerprint density at radius 2 is 2.00 bits per heavy atom. The normalized spacial score (nSPS) is 20.8. The number of rotatable bonds is 5. The third-order valence-electron chi connectivity index (χ3n) is 4.45. The first kappa shape index (κ1) is 15.5. The first-order valence-corrected chi connectivity index (χ1v) is 7.87. The van der Waals surface area contributed by atoms with Crippen molar-refractivity contribution in [3.8, 4) is 0 Å². The second kappa shape index (κ2) is 6.73. The molecule has 2 nitrogen and oxygen atoms in total. The molecule has 0 heterocycles. The Bertz CT molecular complexity index is 417. The smallest absolute Gasteiger partial charge is 0.0952 e. The van der Waals surface area contributed by atoms with E-state index < -0.39 is 0 Å². The van der Waals surface area contributed by atoms with Crippen LogP contribution in [0.25, 0.3) is 0 Å². The molecule has 0 aromatic heterocycles. The predicted molar refractivity (Wildman–Crippen MR) is 85.0 cm³/mol. The minimum Gasteiger partial charge on any atom is -0.369 e. The monoisotopic (exact) mass is 275 g/mol. The second-order valence-corrected chi connectivity index (χ2v) is 6.96. The molecule has 0 saturated heterocycles. The maximum Gasteiger partial charge on any atom is 0.0952 e. The number of hydrogen-bond acceptors (Lipinski definition) is 2. The Hall–Kier alpha value is -0.860. The molecule has 0 bridgehead atoms. The van der Waals surface area contributed by atoms with E-state index in [4.69, 9.17) is 4.74 Å². The van der Waals surface area contributed by atoms with Crippen molar-refractivity contribution in [3.63, 3.8) is 0 Å². The van der Waals surface area contributed by atoms with Gasteiger partial charge in [0.1, 0.15) is 0 Å². The maximum absolute atomic E-state index is 6.40. The van der Waals surface area contributed by atoms with E-state index in [1.165, 1.54) is 36.8 Å². The van der Waals surface area contributed by atoms with Gasteiger partial charge >= 0.3 is 0 Å². The summed E-state index contributed by atoms with van der Waals surface area (Å²) >= 11 is 0. The number of benzene rings is 1. The minimum atomic E-state index is 0.172. The predicted octanol–water partition coefficient (Wildman–Crippen LogP) is 4.24. The van der Waals surface area contributed by atoms with Crippen molar-refractivity contribution in [1.82, 2.24) is 5.32 Å². The van der Waals surface area contributed by atoms with Gasteiger partial charge in [0, 0.05) is 6.54 Å². The standard InChI is InChI=1S/C18H29NO/c1-14-6-5-7-15(12-14)17(13-19-4)20-16-8-10-18(2,3)11-9-16/h5-7,12,16-17,19H,8-11,13H2,1-4H3. The molecule has 1 fully saturated rings. The van der Waals surface area contributed by atoms with Gasteiger partial charge in [-0.15, -0.1) is 0 Å². The van der Waals surface area contributed by atoms with E-state index in [2.05, 4.69) is 50.4 Å². The van der Waals surface area contributed by atoms with Crippen molar-refractivity contribution in [2.75, 3.05) is 13.6 Å². The van der Waals surface area contributed by atoms with Crippen LogP contribution in [0.4, 0.5) is 0 Å². The van der Waals surface area contributed by atoms with Crippen LogP contribution in [-0.2, 0) is 4.74 Å². The zero-order valence-corrected chi connectivity index (χ0v) is 13.4. The molecule has 0 amide bonds. The van der Waals surface area contributed by atoms with Crippen LogP contribution in [0.3, 0.4) is 0 Å². The van der Waals surface area contributed by atoms with E-state index in [1.54, 1.807) is 0 Å². The molecule has 0 aliphatic heterocycles. The van der Waals surface area contributed by atoms with Gasteiger partial charge in [-0.2, -0.15) is 0 Å². The van der Waals surface area contributed by atoms with E-state index >= 15 is 0 Å². The highest BCUT2D eigenvalue weighted by atomic mass is 16.5. The fourth-order valence-corrected chi connectivity index (χ4v) is 3.04. The molecule has 20 heavy (non-hydrogen) atoms. The van der Waals surface area contributed by atoms with Crippen LogP contribution in [0.2, 0.25) is 0 Å². The summed E-state index contributed by atoms with van der Waals surface area (Å²) in [6.07, 6.45) is 5.53. The third kappa shape index (κ3) is 4.32. The number of likely N-dealkylation sites (N-methyl/N-ethyl adjacent to an activating group) is 1. The van der Waals surface area contributed by atoms with Crippen molar-refractivity contribution >= 4 is 0 Å². The molecule has 1 saturated carbocycles. The lowest BCUT2D eigenvalue weighted by atomic mass is 9.76. The lowest BCUT2D eigenvalue weighted by Crippen LogP contribution is -2.30. The minimum absolute atomic E-state index is 0.172. The van der Waals surface area contributed by atoms with Gasteiger partial charge in [0.25, 0.3) is 0 Å². The van der Waals surface area contributed by atoms with Gasteiger partial charge in [-0.3, -0.25) is 0 Å². The molecular formula is C18H29NO. The number of ether oxygens (including phenoxy) is 1. The molecule has 2 rings (SSSR count). The summed E-state index contributed by atoms with van der Waals surface area (Å²) in [5, 5.41) is 3.27. The molecule has 1 N–H and O–H groups in total. The van der Waals surface area contributed by atoms with Crippen molar-refractivity contribution in [2.45, 2.75) is 58.7 Å². The lowest BCUT2D eigenvalue weighted by molar-refractivity contribution is -0.0454. The van der Waals surface area contributed by atoms with Crippen molar-refractivity contribution in [1.29, 1.82) is 0 Å². The summed E-state index contributed by atoms with van der Waals surface area (Å²) in [5.74, 6) is 0. The zero-order chi connectivity index (χ0) is 14.6. The molecule has 0 spiro atoms. The molecule has 1 aromatic rings. The molecule has 1 aliphatic carbocycles. The molecule has 1 unspecified atom stereocenters. The Morgan fingerprint density at radius 3 is 2.60 bits per heavy atom. The quantitative estimate of drug-likeness (QED) is 0.868. The van der Waals surface area contributed by atoms with E-state index in [9.17, 15) is 0 Å². The van der Waals surface area contributed by atoms with Gasteiger partial charge < -0.3 is 10.1 Å². The molecule has 1 aliphatic rings. The third-order valence-corrected chi connectivity index (χ3v) is 4.45. The molecule has 0 radical (unpaired) electrons. The van der Waals surface area contributed by atoms with E-state index in [1.807, 2.05) is 7.05 Å². The molecule has 1 aromatic carbocycles. The average Bonchev–Trinajstić information content (AvgIpc) is 2.40. The maximum atomic E-state index is 6.40. The first-order chi connectivity index (χ1) is 9.50. The van der Waals surface area contributed by atoms with Gasteiger partial charge in [0.05, 0.1) is 12.2 Å². The number of hydrogen-bond donors (Lipinski definition) is 1. The zero-order valence-electron chi connectivity index (χ0n) is 13.4. The Kier molecular flexibility index (Phi) is 5.22. The first-order valence-electron chi connectivity index (χ1n) is 7.87. The van der Waals surface area contributed by atoms with Crippen molar-refractivity contribution in [2.24, 2.45) is 5.41 Å². The van der Waals surface area contributed by atoms with Crippen LogP contribution >= 0.6 is 0 Å². The van der Waals surface area contributed by atoms with Crippen LogP contribution in [0.15, 0.2) is 24.3 Å². The van der Waals surface area contributed by atoms with E-state index in [0.29, 0.717) is 11.5 Å². The average molecular weight is 275 g/mol. The van der Waals surface area contributed by atoms with Crippen LogP contribution in [-0.4, -0.2) is 19.7 Å². The highest BCUT2D eigenvalue weighted by molar-refractivity contribution is 5.24. The van der Waals surface area contributed by atoms with Crippen molar-refractivity contribution < 1.29 is 4.74 Å². The Labute approximate surface area is 123 Å². The van der Waals surface area contributed by atoms with Gasteiger partial charge in [0.15, 0.2) is 0 Å². The fraction of sp³-hybridized carbons (Fsp3) is 0.667. The van der Waals surface area contributed by atoms with Crippen LogP contribution in [0, 0.1) is 12.3 Å². The second-order valence-electron chi connectivity index (χ2n) is 6.96. The lowest BCUT2D eigenvalue weighted by Gasteiger charge is -2.36. The SMILES string of the molecule is CNCC(OC1CCC(C)(C)CC1)c1cccc(C)c1. The van der Waals surface area contributed by atoms with Crippen LogP contribution < -0.4 is 5.32 Å². The summed E-state index contributed by atoms with van der Waals surface area (Å²) in [5.41, 5.74) is 3.10. The summed E-state index contributed by atoms with van der Waals surface area (Å²) in [7, 11) is 2.00. The van der Waals surface area contributed by atoms with Gasteiger partial charge in [-0.05, 0) is 50.6 Å². The Morgan fingerprint density at radius 1 is 1.30 bits per heavy atom. The molecule has 112 valence electrons. The van der Waals surface area contributed by atoms with Gasteiger partial charge in [-0.1, -0.05) is 43.7 Å². The highest BCUT2D eigenvalue weighted by Crippen LogP contribution is 2.37. The fourth-order valence-electron chi connectivity index (χ4n) is 3.04. The number of nitrogens with one attached hydrogen (secondary N) is 1. The largest absolute Gasteiger partial charge is 0.369 e. The molecule has 2 heteroatoms. The van der Waals surface area contributed by atoms with E-state index in [0.717, 1.165) is 6.54 Å². The molecular weight excluding hydrogens is 246 g/mol. The summed E-state index contributed by atoms with van der Waals surface area (Å²) in [6, 6.07) is 8.69. The van der Waals surface area contributed by atoms with Gasteiger partial charge in [-0.25, -0.2) is 0 Å². The number of aryl methyl sites for hydroxylation is 1. The van der Waals surface area contributed by atoms with Crippen LogP contribution in [0.1, 0.15) is 56.8 Å². The summed E-state index contributed by atoms with van der Waals surface area (Å²) < 4.78 is 6.40. The van der Waals surface area contributed by atoms with Gasteiger partial charge in [0.2, 0.25) is 0 Å². The van der Waals surface area contributed by atoms with Crippen LogP contribution in [0.5, 0.6) is 0 Å². The summed E-state index contributed by atoms with van der Waals surface area (Å²) in [4.78, 5) is 0. The summed E-state index contributed by atoms with van der Waals surface area (Å²) in [6.45, 7) is 7.76. The highest BCUT2D eigenvalue weighted by Gasteiger charge is 2.29. The topological polar surface area (TPSA) is 21.3 Å². The van der Waals surface area contributed by atoms with E-state index in [-0.39, 0.29) is 6.10 Å². The Balaban J connectivity index is 1.99. The molecule has 1 atom stereocenters. The van der Waals surface area contributed by atoms with Crippen molar-refractivity contribution in [3.05, 3.63) is 35.4 Å².